The van der Waals surface area contributed by atoms with Crippen LogP contribution in [0.25, 0.3) is 22.2 Å². The van der Waals surface area contributed by atoms with Gasteiger partial charge in [0.1, 0.15) is 0 Å². The van der Waals surface area contributed by atoms with Crippen LogP contribution in [0.1, 0.15) is 0 Å². The zero-order chi connectivity index (χ0) is 19.6. The van der Waals surface area contributed by atoms with Crippen molar-refractivity contribution in [2.24, 2.45) is 0 Å². The molecule has 1 aromatic carbocycles. The summed E-state index contributed by atoms with van der Waals surface area (Å²) in [6.07, 6.45) is 1.48. The molecule has 1 atom stereocenters. The molecule has 6 nitrogen and oxygen atoms in total. The molecule has 0 aliphatic rings. The first-order chi connectivity index (χ1) is 12.8. The molecule has 27 heavy (non-hydrogen) atoms. The molecule has 0 saturated heterocycles. The third kappa shape index (κ3) is 3.95. The Hall–Kier alpha value is -2.88. The number of pyridine rings is 2. The Labute approximate surface area is 154 Å². The Morgan fingerprint density at radius 1 is 1.04 bits per heavy atom. The van der Waals surface area contributed by atoms with Crippen LogP contribution in [0.15, 0.2) is 42.6 Å². The number of hydrogen-bond donors (Lipinski definition) is 0. The Balaban J connectivity index is 2.13. The largest absolute Gasteiger partial charge is 0.508 e. The highest BCUT2D eigenvalue weighted by molar-refractivity contribution is 7.81. The zero-order valence-corrected chi connectivity index (χ0v) is 14.9. The highest BCUT2D eigenvalue weighted by Crippen LogP contribution is 2.35. The number of alkyl halides is 3. The highest BCUT2D eigenvalue weighted by atomic mass is 32.2. The van der Waals surface area contributed by atoms with Crippen LogP contribution in [0.4, 0.5) is 13.2 Å². The van der Waals surface area contributed by atoms with Gasteiger partial charge in [0.2, 0.25) is 5.88 Å². The molecule has 3 aromatic rings. The number of fused-ring (bicyclic) bond motifs is 1. The van der Waals surface area contributed by atoms with Crippen molar-refractivity contribution in [3.63, 3.8) is 0 Å². The van der Waals surface area contributed by atoms with Crippen LogP contribution in [0, 0.1) is 0 Å². The Morgan fingerprint density at radius 3 is 2.44 bits per heavy atom. The average Bonchev–Trinajstić information content (AvgIpc) is 2.66. The van der Waals surface area contributed by atoms with Gasteiger partial charge in [0, 0.05) is 11.8 Å². The molecule has 0 aliphatic carbocycles. The van der Waals surface area contributed by atoms with Gasteiger partial charge in [-0.25, -0.2) is 9.19 Å². The van der Waals surface area contributed by atoms with Crippen molar-refractivity contribution >= 4 is 22.0 Å². The summed E-state index contributed by atoms with van der Waals surface area (Å²) < 4.78 is 64.3. The van der Waals surface area contributed by atoms with Crippen molar-refractivity contribution in [3.05, 3.63) is 42.6 Å². The molecule has 0 spiro atoms. The summed E-state index contributed by atoms with van der Waals surface area (Å²) in [7, 11) is 2.94. The van der Waals surface area contributed by atoms with E-state index in [0.717, 1.165) is 0 Å². The molecule has 142 valence electrons. The summed E-state index contributed by atoms with van der Waals surface area (Å²) in [6, 6.07) is 9.48. The lowest BCUT2D eigenvalue weighted by molar-refractivity contribution is -0.0438. The second-order valence-corrected chi connectivity index (χ2v) is 6.32. The van der Waals surface area contributed by atoms with Crippen molar-refractivity contribution in [1.29, 1.82) is 0 Å². The minimum atomic E-state index is -5.03. The van der Waals surface area contributed by atoms with E-state index >= 15 is 0 Å². The monoisotopic (exact) mass is 398 g/mol. The molecule has 0 fully saturated rings. The molecule has 0 N–H and O–H groups in total. The standard InChI is InChI=1S/C17H13F3N2O4S/c1-24-14-6-5-10(8-15(14)25-2)12-9-13-11(4-3-7-21-13)16(22-12)26-27(23)17(18,19)20/h3-9H,1-2H3. The van der Waals surface area contributed by atoms with Gasteiger partial charge in [0.05, 0.1) is 30.8 Å². The molecule has 0 amide bonds. The van der Waals surface area contributed by atoms with E-state index in [-0.39, 0.29) is 11.1 Å². The van der Waals surface area contributed by atoms with E-state index in [2.05, 4.69) is 14.2 Å². The quantitative estimate of drug-likeness (QED) is 0.650. The van der Waals surface area contributed by atoms with E-state index in [4.69, 9.17) is 9.47 Å². The second kappa shape index (κ2) is 7.39. The number of nitrogens with zero attached hydrogens (tertiary/aromatic N) is 2. The average molecular weight is 398 g/mol. The van der Waals surface area contributed by atoms with Gasteiger partial charge in [-0.1, -0.05) is 0 Å². The van der Waals surface area contributed by atoms with Crippen LogP contribution in [0.5, 0.6) is 17.4 Å². The predicted octanol–water partition coefficient (Wildman–Crippen LogP) is 3.88. The van der Waals surface area contributed by atoms with Gasteiger partial charge in [0.15, 0.2) is 11.5 Å². The lowest BCUT2D eigenvalue weighted by Gasteiger charge is -2.12. The smallest absolute Gasteiger partial charge is 0.493 e. The summed E-state index contributed by atoms with van der Waals surface area (Å²) in [6.45, 7) is 0. The lowest BCUT2D eigenvalue weighted by Crippen LogP contribution is -2.21. The molecule has 0 bridgehead atoms. The SMILES string of the molecule is COc1ccc(-c2cc3ncccc3c(OS(=O)C(F)(F)F)n2)cc1OC. The number of benzene rings is 1. The summed E-state index contributed by atoms with van der Waals surface area (Å²) >= 11 is -3.56. The van der Waals surface area contributed by atoms with Gasteiger partial charge in [0.25, 0.3) is 0 Å². The van der Waals surface area contributed by atoms with Crippen LogP contribution < -0.4 is 13.7 Å². The second-order valence-electron chi connectivity index (χ2n) is 5.22. The maximum Gasteiger partial charge on any atom is 0.508 e. The number of ether oxygens (including phenoxy) is 2. The van der Waals surface area contributed by atoms with E-state index in [1.165, 1.54) is 32.5 Å². The first-order valence-corrected chi connectivity index (χ1v) is 8.56. The topological polar surface area (TPSA) is 70.5 Å². The summed E-state index contributed by atoms with van der Waals surface area (Å²) in [5.41, 5.74) is -3.89. The normalized spacial score (nSPS) is 12.6. The number of methoxy groups -OCH3 is 2. The van der Waals surface area contributed by atoms with Gasteiger partial charge in [-0.15, -0.1) is 0 Å². The van der Waals surface area contributed by atoms with Crippen molar-refractivity contribution in [2.75, 3.05) is 14.2 Å². The molecule has 2 aromatic heterocycles. The van der Waals surface area contributed by atoms with Crippen LogP contribution in [0.2, 0.25) is 0 Å². The van der Waals surface area contributed by atoms with Crippen LogP contribution in [-0.2, 0) is 11.1 Å². The summed E-state index contributed by atoms with van der Waals surface area (Å²) in [5, 5.41) is 0.208. The predicted molar refractivity (Wildman–Crippen MR) is 92.9 cm³/mol. The van der Waals surface area contributed by atoms with Crippen LogP contribution in [0.3, 0.4) is 0 Å². The number of rotatable bonds is 5. The first kappa shape index (κ1) is 18.9. The van der Waals surface area contributed by atoms with Crippen molar-refractivity contribution in [1.82, 2.24) is 9.97 Å². The fourth-order valence-electron chi connectivity index (χ4n) is 2.37. The molecule has 0 aliphatic heterocycles. The molecule has 0 radical (unpaired) electrons. The van der Waals surface area contributed by atoms with E-state index in [1.807, 2.05) is 0 Å². The molecule has 1 unspecified atom stereocenters. The van der Waals surface area contributed by atoms with Gasteiger partial charge in [-0.05, 0) is 36.4 Å². The zero-order valence-electron chi connectivity index (χ0n) is 14.1. The minimum Gasteiger partial charge on any atom is -0.493 e. The van der Waals surface area contributed by atoms with E-state index in [1.54, 1.807) is 24.3 Å². The maximum atomic E-state index is 12.6. The van der Waals surface area contributed by atoms with Gasteiger partial charge >= 0.3 is 16.6 Å². The van der Waals surface area contributed by atoms with E-state index < -0.39 is 22.5 Å². The molecule has 2 heterocycles. The number of halogens is 3. The highest BCUT2D eigenvalue weighted by Gasteiger charge is 2.40. The third-order valence-electron chi connectivity index (χ3n) is 3.59. The van der Waals surface area contributed by atoms with Crippen LogP contribution in [-0.4, -0.2) is 33.9 Å². The minimum absolute atomic E-state index is 0.208. The Bertz CT molecular complexity index is 1010. The molecular weight excluding hydrogens is 385 g/mol. The van der Waals surface area contributed by atoms with E-state index in [9.17, 15) is 17.4 Å². The van der Waals surface area contributed by atoms with Crippen molar-refractivity contribution in [3.8, 4) is 28.6 Å². The number of aromatic nitrogens is 2. The van der Waals surface area contributed by atoms with E-state index in [0.29, 0.717) is 22.6 Å². The fraction of sp³-hybridized carbons (Fsp3) is 0.176. The van der Waals surface area contributed by atoms with Crippen LogP contribution >= 0.6 is 0 Å². The van der Waals surface area contributed by atoms with Crippen molar-refractivity contribution in [2.45, 2.75) is 5.51 Å². The molecule has 10 heteroatoms. The lowest BCUT2D eigenvalue weighted by atomic mass is 10.1. The van der Waals surface area contributed by atoms with Gasteiger partial charge in [-0.2, -0.15) is 13.2 Å². The van der Waals surface area contributed by atoms with Gasteiger partial charge < -0.3 is 13.7 Å². The first-order valence-electron chi connectivity index (χ1n) is 7.48. The van der Waals surface area contributed by atoms with Crippen molar-refractivity contribution < 1.29 is 31.0 Å². The fourth-order valence-corrected chi connectivity index (χ4v) is 2.74. The molecule has 3 rings (SSSR count). The summed E-state index contributed by atoms with van der Waals surface area (Å²) in [5.74, 6) is 0.468. The third-order valence-corrected chi connectivity index (χ3v) is 4.27. The molecular formula is C17H13F3N2O4S. The Kier molecular flexibility index (Phi) is 5.17. The van der Waals surface area contributed by atoms with Gasteiger partial charge in [-0.3, -0.25) is 4.98 Å². The maximum absolute atomic E-state index is 12.6. The summed E-state index contributed by atoms with van der Waals surface area (Å²) in [4.78, 5) is 8.22. The number of hydrogen-bond acceptors (Lipinski definition) is 6. The Morgan fingerprint density at radius 2 is 1.78 bits per heavy atom. The molecule has 0 saturated carbocycles.